The fraction of sp³-hybridized carbons (Fsp3) is 0.364. The van der Waals surface area contributed by atoms with Gasteiger partial charge in [-0.2, -0.15) is 5.10 Å². The highest BCUT2D eigenvalue weighted by molar-refractivity contribution is 5.95. The quantitative estimate of drug-likeness (QED) is 0.686. The lowest BCUT2D eigenvalue weighted by Gasteiger charge is -2.31. The van der Waals surface area contributed by atoms with Crippen molar-refractivity contribution in [2.75, 3.05) is 13.1 Å². The van der Waals surface area contributed by atoms with E-state index in [4.69, 9.17) is 0 Å². The molecule has 0 spiro atoms. The number of rotatable bonds is 4. The Morgan fingerprint density at radius 1 is 1.21 bits per heavy atom. The summed E-state index contributed by atoms with van der Waals surface area (Å²) in [4.78, 5) is 34.2. The molecule has 7 nitrogen and oxygen atoms in total. The standard InChI is InChI=1S/C22H25N5O2/c1-3-18-15-25(12-10-21(28)26(18)14-17-7-5-4-6-8-17)22(29)19-13-23-20-9-11-24-27(20)16(19)2/h4-9,11,13,18H,3,10,12,14-15H2,1-2H3/t18-/m0/s1. The minimum Gasteiger partial charge on any atom is -0.336 e. The molecule has 1 aromatic carbocycles. The molecule has 2 aromatic heterocycles. The van der Waals surface area contributed by atoms with Crippen LogP contribution in [-0.2, 0) is 11.3 Å². The molecule has 150 valence electrons. The van der Waals surface area contributed by atoms with Crippen LogP contribution in [0.3, 0.4) is 0 Å². The SMILES string of the molecule is CC[C@H]1CN(C(=O)c2cnc3ccnn3c2C)CCC(=O)N1Cc1ccccc1. The predicted octanol–water partition coefficient (Wildman–Crippen LogP) is 2.69. The molecule has 1 aliphatic rings. The van der Waals surface area contributed by atoms with E-state index in [-0.39, 0.29) is 17.9 Å². The zero-order valence-electron chi connectivity index (χ0n) is 16.8. The van der Waals surface area contributed by atoms with Gasteiger partial charge in [-0.05, 0) is 18.9 Å². The van der Waals surface area contributed by atoms with E-state index in [1.807, 2.05) is 42.2 Å². The van der Waals surface area contributed by atoms with Gasteiger partial charge in [0.2, 0.25) is 5.91 Å². The van der Waals surface area contributed by atoms with Gasteiger partial charge in [0, 0.05) is 44.4 Å². The molecule has 0 radical (unpaired) electrons. The molecule has 7 heteroatoms. The maximum absolute atomic E-state index is 13.3. The fourth-order valence-corrected chi connectivity index (χ4v) is 3.92. The average Bonchev–Trinajstić information content (AvgIpc) is 3.17. The molecule has 0 aliphatic carbocycles. The van der Waals surface area contributed by atoms with E-state index in [1.165, 1.54) is 0 Å². The molecular formula is C22H25N5O2. The molecule has 29 heavy (non-hydrogen) atoms. The molecule has 3 aromatic rings. The first kappa shape index (κ1) is 19.1. The van der Waals surface area contributed by atoms with Crippen molar-refractivity contribution in [3.05, 3.63) is 65.6 Å². The number of aryl methyl sites for hydroxylation is 1. The number of hydrogen-bond donors (Lipinski definition) is 0. The molecule has 1 saturated heterocycles. The highest BCUT2D eigenvalue weighted by atomic mass is 16.2. The zero-order valence-corrected chi connectivity index (χ0v) is 16.8. The van der Waals surface area contributed by atoms with E-state index in [1.54, 1.807) is 27.9 Å². The minimum atomic E-state index is -0.0970. The Bertz CT molecular complexity index is 1030. The van der Waals surface area contributed by atoms with Crippen LogP contribution in [0.15, 0.2) is 48.8 Å². The van der Waals surface area contributed by atoms with Gasteiger partial charge >= 0.3 is 0 Å². The van der Waals surface area contributed by atoms with Crippen LogP contribution in [0.25, 0.3) is 5.65 Å². The summed E-state index contributed by atoms with van der Waals surface area (Å²) < 4.78 is 1.68. The van der Waals surface area contributed by atoms with Crippen LogP contribution in [0.5, 0.6) is 0 Å². The molecule has 2 amide bonds. The van der Waals surface area contributed by atoms with Crippen molar-refractivity contribution in [1.82, 2.24) is 24.4 Å². The zero-order chi connectivity index (χ0) is 20.4. The van der Waals surface area contributed by atoms with Crippen molar-refractivity contribution < 1.29 is 9.59 Å². The van der Waals surface area contributed by atoms with E-state index in [0.717, 1.165) is 17.7 Å². The Morgan fingerprint density at radius 2 is 2.00 bits per heavy atom. The monoisotopic (exact) mass is 391 g/mol. The molecule has 1 atom stereocenters. The van der Waals surface area contributed by atoms with Gasteiger partial charge in [-0.15, -0.1) is 0 Å². The Kier molecular flexibility index (Phi) is 5.29. The molecule has 0 unspecified atom stereocenters. The number of nitrogens with zero attached hydrogens (tertiary/aromatic N) is 5. The lowest BCUT2D eigenvalue weighted by atomic mass is 10.1. The van der Waals surface area contributed by atoms with E-state index < -0.39 is 0 Å². The van der Waals surface area contributed by atoms with Crippen LogP contribution in [0.2, 0.25) is 0 Å². The Balaban J connectivity index is 1.58. The van der Waals surface area contributed by atoms with Crippen LogP contribution in [0.1, 0.15) is 41.4 Å². The summed E-state index contributed by atoms with van der Waals surface area (Å²) in [5.41, 5.74) is 3.10. The summed E-state index contributed by atoms with van der Waals surface area (Å²) in [6, 6.07) is 11.8. The molecule has 1 fully saturated rings. The number of amides is 2. The van der Waals surface area contributed by atoms with Gasteiger partial charge in [-0.25, -0.2) is 9.50 Å². The lowest BCUT2D eigenvalue weighted by molar-refractivity contribution is -0.133. The van der Waals surface area contributed by atoms with Crippen molar-refractivity contribution in [2.24, 2.45) is 0 Å². The first-order valence-corrected chi connectivity index (χ1v) is 10.0. The maximum atomic E-state index is 13.3. The first-order valence-electron chi connectivity index (χ1n) is 10.0. The third kappa shape index (κ3) is 3.72. The summed E-state index contributed by atoms with van der Waals surface area (Å²) in [5, 5.41) is 4.25. The van der Waals surface area contributed by atoms with Crippen LogP contribution in [0, 0.1) is 6.92 Å². The van der Waals surface area contributed by atoms with Crippen molar-refractivity contribution >= 4 is 17.5 Å². The fourth-order valence-electron chi connectivity index (χ4n) is 3.92. The smallest absolute Gasteiger partial charge is 0.257 e. The average molecular weight is 391 g/mol. The maximum Gasteiger partial charge on any atom is 0.257 e. The van der Waals surface area contributed by atoms with Gasteiger partial charge in [0.05, 0.1) is 17.5 Å². The van der Waals surface area contributed by atoms with Crippen LogP contribution >= 0.6 is 0 Å². The van der Waals surface area contributed by atoms with E-state index in [0.29, 0.717) is 37.3 Å². The van der Waals surface area contributed by atoms with Gasteiger partial charge in [0.15, 0.2) is 5.65 Å². The summed E-state index contributed by atoms with van der Waals surface area (Å²) in [7, 11) is 0. The molecule has 4 rings (SSSR count). The second kappa shape index (κ2) is 8.03. The second-order valence-electron chi connectivity index (χ2n) is 7.43. The van der Waals surface area contributed by atoms with E-state index in [9.17, 15) is 9.59 Å². The highest BCUT2D eigenvalue weighted by Crippen LogP contribution is 2.20. The van der Waals surface area contributed by atoms with E-state index >= 15 is 0 Å². The van der Waals surface area contributed by atoms with Crippen molar-refractivity contribution in [1.29, 1.82) is 0 Å². The molecule has 1 aliphatic heterocycles. The Labute approximate surface area is 170 Å². The predicted molar refractivity (Wildman–Crippen MR) is 109 cm³/mol. The summed E-state index contributed by atoms with van der Waals surface area (Å²) in [6.45, 7) is 5.43. The van der Waals surface area contributed by atoms with Crippen molar-refractivity contribution in [3.8, 4) is 0 Å². The van der Waals surface area contributed by atoms with Crippen LogP contribution in [0.4, 0.5) is 0 Å². The normalized spacial score (nSPS) is 17.6. The van der Waals surface area contributed by atoms with Crippen molar-refractivity contribution in [2.45, 2.75) is 39.3 Å². The lowest BCUT2D eigenvalue weighted by Crippen LogP contribution is -2.44. The van der Waals surface area contributed by atoms with Gasteiger partial charge in [0.25, 0.3) is 5.91 Å². The first-order chi connectivity index (χ1) is 14.1. The number of carbonyl (C=O) groups excluding carboxylic acids is 2. The Morgan fingerprint density at radius 3 is 2.76 bits per heavy atom. The number of aromatic nitrogens is 3. The molecule has 0 N–H and O–H groups in total. The molecule has 0 saturated carbocycles. The van der Waals surface area contributed by atoms with Gasteiger partial charge < -0.3 is 9.80 Å². The molecule has 0 bridgehead atoms. The third-order valence-corrected chi connectivity index (χ3v) is 5.63. The summed E-state index contributed by atoms with van der Waals surface area (Å²) in [6.07, 6.45) is 4.40. The second-order valence-corrected chi connectivity index (χ2v) is 7.43. The number of benzene rings is 1. The molecular weight excluding hydrogens is 366 g/mol. The van der Waals surface area contributed by atoms with Crippen LogP contribution in [-0.4, -0.2) is 55.3 Å². The number of carbonyl (C=O) groups is 2. The third-order valence-electron chi connectivity index (χ3n) is 5.63. The topological polar surface area (TPSA) is 70.8 Å². The largest absolute Gasteiger partial charge is 0.336 e. The van der Waals surface area contributed by atoms with Gasteiger partial charge in [-0.3, -0.25) is 9.59 Å². The van der Waals surface area contributed by atoms with Crippen LogP contribution < -0.4 is 0 Å². The summed E-state index contributed by atoms with van der Waals surface area (Å²) >= 11 is 0. The number of hydrogen-bond acceptors (Lipinski definition) is 4. The minimum absolute atomic E-state index is 0.0177. The van der Waals surface area contributed by atoms with E-state index in [2.05, 4.69) is 17.0 Å². The van der Waals surface area contributed by atoms with Gasteiger partial charge in [-0.1, -0.05) is 37.3 Å². The molecule has 3 heterocycles. The van der Waals surface area contributed by atoms with Crippen molar-refractivity contribution in [3.63, 3.8) is 0 Å². The highest BCUT2D eigenvalue weighted by Gasteiger charge is 2.31. The van der Waals surface area contributed by atoms with Gasteiger partial charge in [0.1, 0.15) is 0 Å². The Hall–Kier alpha value is -3.22. The number of fused-ring (bicyclic) bond motifs is 1. The summed E-state index contributed by atoms with van der Waals surface area (Å²) in [5.74, 6) is -0.00594.